The smallest absolute Gasteiger partial charge is 0.262 e. The minimum Gasteiger partial charge on any atom is -0.484 e. The highest BCUT2D eigenvalue weighted by atomic mass is 35.5. The second kappa shape index (κ2) is 8.23. The molecule has 0 aromatic heterocycles. The number of para-hydroxylation sites is 1. The van der Waals surface area contributed by atoms with Crippen molar-refractivity contribution in [3.8, 4) is 5.75 Å². The molecule has 0 aliphatic rings. The van der Waals surface area contributed by atoms with Crippen molar-refractivity contribution < 1.29 is 9.53 Å². The molecule has 0 radical (unpaired) electrons. The molecule has 0 heterocycles. The molecular formula is C18H19Cl2NO2. The molecule has 0 saturated heterocycles. The van der Waals surface area contributed by atoms with Gasteiger partial charge in [0, 0.05) is 11.8 Å². The number of halogens is 2. The predicted octanol–water partition coefficient (Wildman–Crippen LogP) is 5.14. The number of hydrogen-bond donors (Lipinski definition) is 1. The first kappa shape index (κ1) is 17.6. The number of carbonyl (C=O) groups excluding carboxylic acids is 1. The van der Waals surface area contributed by atoms with Gasteiger partial charge < -0.3 is 10.1 Å². The summed E-state index contributed by atoms with van der Waals surface area (Å²) in [6.45, 7) is 4.05. The van der Waals surface area contributed by atoms with Gasteiger partial charge in [0.05, 0.1) is 10.0 Å². The van der Waals surface area contributed by atoms with Crippen molar-refractivity contribution in [2.24, 2.45) is 0 Å². The maximum absolute atomic E-state index is 12.2. The Labute approximate surface area is 146 Å². The largest absolute Gasteiger partial charge is 0.484 e. The lowest BCUT2D eigenvalue weighted by Gasteiger charge is -2.14. The molecule has 2 rings (SSSR count). The van der Waals surface area contributed by atoms with Crippen LogP contribution in [0.3, 0.4) is 0 Å². The van der Waals surface area contributed by atoms with E-state index in [-0.39, 0.29) is 12.5 Å². The summed E-state index contributed by atoms with van der Waals surface area (Å²) in [6.07, 6.45) is 1.72. The fourth-order valence-corrected chi connectivity index (χ4v) is 2.58. The van der Waals surface area contributed by atoms with Crippen LogP contribution in [0.25, 0.3) is 0 Å². The van der Waals surface area contributed by atoms with Gasteiger partial charge in [0.2, 0.25) is 0 Å². The first-order valence-electron chi connectivity index (χ1n) is 7.53. The van der Waals surface area contributed by atoms with E-state index in [2.05, 4.69) is 19.2 Å². The summed E-state index contributed by atoms with van der Waals surface area (Å²) in [7, 11) is 0. The third-order valence-corrected chi connectivity index (χ3v) is 4.26. The number of amides is 1. The van der Waals surface area contributed by atoms with E-state index in [0.29, 0.717) is 15.8 Å². The van der Waals surface area contributed by atoms with Crippen molar-refractivity contribution in [3.05, 3.63) is 57.6 Å². The monoisotopic (exact) mass is 351 g/mol. The predicted molar refractivity (Wildman–Crippen MR) is 95.8 cm³/mol. The number of anilines is 1. The SMILES string of the molecule is CCc1cccc(CC)c1NC(=O)COc1ccc(Cl)c(Cl)c1. The lowest BCUT2D eigenvalue weighted by Crippen LogP contribution is -2.21. The van der Waals surface area contributed by atoms with Crippen molar-refractivity contribution in [1.82, 2.24) is 0 Å². The summed E-state index contributed by atoms with van der Waals surface area (Å²) < 4.78 is 5.47. The maximum Gasteiger partial charge on any atom is 0.262 e. The van der Waals surface area contributed by atoms with E-state index in [1.54, 1.807) is 18.2 Å². The fourth-order valence-electron chi connectivity index (χ4n) is 2.29. The van der Waals surface area contributed by atoms with Gasteiger partial charge in [-0.05, 0) is 36.1 Å². The molecule has 23 heavy (non-hydrogen) atoms. The molecule has 0 bridgehead atoms. The minimum absolute atomic E-state index is 0.0842. The van der Waals surface area contributed by atoms with E-state index < -0.39 is 0 Å². The van der Waals surface area contributed by atoms with Crippen LogP contribution < -0.4 is 10.1 Å². The third-order valence-electron chi connectivity index (χ3n) is 3.52. The molecule has 0 atom stereocenters. The Hall–Kier alpha value is -1.71. The first-order valence-corrected chi connectivity index (χ1v) is 8.29. The highest BCUT2D eigenvalue weighted by Crippen LogP contribution is 2.26. The quantitative estimate of drug-likeness (QED) is 0.782. The van der Waals surface area contributed by atoms with E-state index in [1.165, 1.54) is 0 Å². The Balaban J connectivity index is 2.04. The van der Waals surface area contributed by atoms with E-state index >= 15 is 0 Å². The van der Waals surface area contributed by atoms with Crippen LogP contribution in [0.5, 0.6) is 5.75 Å². The van der Waals surface area contributed by atoms with Crippen LogP contribution >= 0.6 is 23.2 Å². The van der Waals surface area contributed by atoms with Gasteiger partial charge in [-0.1, -0.05) is 55.2 Å². The summed E-state index contributed by atoms with van der Waals surface area (Å²) in [5.74, 6) is 0.306. The van der Waals surface area contributed by atoms with Gasteiger partial charge in [0.25, 0.3) is 5.91 Å². The van der Waals surface area contributed by atoms with E-state index in [1.807, 2.05) is 18.2 Å². The van der Waals surface area contributed by atoms with Crippen LogP contribution in [0.15, 0.2) is 36.4 Å². The normalized spacial score (nSPS) is 10.4. The van der Waals surface area contributed by atoms with E-state index in [0.717, 1.165) is 29.7 Å². The van der Waals surface area contributed by atoms with Crippen LogP contribution in [-0.2, 0) is 17.6 Å². The Morgan fingerprint density at radius 2 is 1.70 bits per heavy atom. The van der Waals surface area contributed by atoms with Gasteiger partial charge in [-0.3, -0.25) is 4.79 Å². The summed E-state index contributed by atoms with van der Waals surface area (Å²) in [5, 5.41) is 3.80. The second-order valence-electron chi connectivity index (χ2n) is 5.07. The highest BCUT2D eigenvalue weighted by Gasteiger charge is 2.11. The average molecular weight is 352 g/mol. The zero-order valence-corrected chi connectivity index (χ0v) is 14.7. The number of benzene rings is 2. The topological polar surface area (TPSA) is 38.3 Å². The number of nitrogens with one attached hydrogen (secondary N) is 1. The average Bonchev–Trinajstić information content (AvgIpc) is 2.56. The molecule has 1 amide bonds. The van der Waals surface area contributed by atoms with Crippen LogP contribution in [-0.4, -0.2) is 12.5 Å². The molecule has 3 nitrogen and oxygen atoms in total. The minimum atomic E-state index is -0.202. The van der Waals surface area contributed by atoms with Gasteiger partial charge in [-0.25, -0.2) is 0 Å². The number of hydrogen-bond acceptors (Lipinski definition) is 2. The molecule has 0 aliphatic heterocycles. The van der Waals surface area contributed by atoms with E-state index in [4.69, 9.17) is 27.9 Å². The molecule has 2 aromatic carbocycles. The molecule has 0 fully saturated rings. The molecule has 0 aliphatic carbocycles. The van der Waals surface area contributed by atoms with Crippen LogP contribution in [0.2, 0.25) is 10.0 Å². The Bertz CT molecular complexity index is 679. The van der Waals surface area contributed by atoms with E-state index in [9.17, 15) is 4.79 Å². The van der Waals surface area contributed by atoms with Crippen molar-refractivity contribution in [1.29, 1.82) is 0 Å². The molecule has 5 heteroatoms. The van der Waals surface area contributed by atoms with Gasteiger partial charge in [0.15, 0.2) is 6.61 Å². The lowest BCUT2D eigenvalue weighted by molar-refractivity contribution is -0.118. The number of rotatable bonds is 6. The molecule has 0 unspecified atom stereocenters. The Morgan fingerprint density at radius 3 is 2.26 bits per heavy atom. The van der Waals surface area contributed by atoms with Gasteiger partial charge in [0.1, 0.15) is 5.75 Å². The van der Waals surface area contributed by atoms with Gasteiger partial charge in [-0.15, -0.1) is 0 Å². The van der Waals surface area contributed by atoms with Gasteiger partial charge in [-0.2, -0.15) is 0 Å². The molecule has 0 saturated carbocycles. The first-order chi connectivity index (χ1) is 11.0. The van der Waals surface area contributed by atoms with Crippen molar-refractivity contribution in [3.63, 3.8) is 0 Å². The molecular weight excluding hydrogens is 333 g/mol. The number of ether oxygens (including phenoxy) is 1. The van der Waals surface area contributed by atoms with Crippen LogP contribution in [0, 0.1) is 0 Å². The summed E-state index contributed by atoms with van der Waals surface area (Å²) in [5.41, 5.74) is 3.12. The summed E-state index contributed by atoms with van der Waals surface area (Å²) in [6, 6.07) is 11.0. The van der Waals surface area contributed by atoms with Crippen molar-refractivity contribution >= 4 is 34.8 Å². The van der Waals surface area contributed by atoms with Crippen LogP contribution in [0.1, 0.15) is 25.0 Å². The summed E-state index contributed by atoms with van der Waals surface area (Å²) >= 11 is 11.8. The Kier molecular flexibility index (Phi) is 6.31. The maximum atomic E-state index is 12.2. The second-order valence-corrected chi connectivity index (χ2v) is 5.89. The van der Waals surface area contributed by atoms with Crippen LogP contribution in [0.4, 0.5) is 5.69 Å². The van der Waals surface area contributed by atoms with Crippen molar-refractivity contribution in [2.75, 3.05) is 11.9 Å². The zero-order valence-electron chi connectivity index (χ0n) is 13.2. The third kappa shape index (κ3) is 4.63. The molecule has 122 valence electrons. The fraction of sp³-hybridized carbons (Fsp3) is 0.278. The standard InChI is InChI=1S/C18H19Cl2NO2/c1-3-12-6-5-7-13(4-2)18(12)21-17(22)11-23-14-8-9-15(19)16(20)10-14/h5-10H,3-4,11H2,1-2H3,(H,21,22). The molecule has 0 spiro atoms. The zero-order chi connectivity index (χ0) is 16.8. The molecule has 1 N–H and O–H groups in total. The number of carbonyl (C=O) groups is 1. The lowest BCUT2D eigenvalue weighted by atomic mass is 10.0. The van der Waals surface area contributed by atoms with Crippen molar-refractivity contribution in [2.45, 2.75) is 26.7 Å². The highest BCUT2D eigenvalue weighted by molar-refractivity contribution is 6.42. The number of aryl methyl sites for hydroxylation is 2. The summed E-state index contributed by atoms with van der Waals surface area (Å²) in [4.78, 5) is 12.2. The van der Waals surface area contributed by atoms with Gasteiger partial charge >= 0.3 is 0 Å². The Morgan fingerprint density at radius 1 is 1.04 bits per heavy atom. The molecule has 2 aromatic rings.